The van der Waals surface area contributed by atoms with E-state index >= 15 is 0 Å². The SMILES string of the molecule is COc1cc2c(c(CN3CCC(N)C(C)(C)C3)c1)OC(C)C2. The third-order valence-corrected chi connectivity index (χ3v) is 5.06. The molecule has 2 atom stereocenters. The number of rotatable bonds is 3. The van der Waals surface area contributed by atoms with Gasteiger partial charge in [-0.15, -0.1) is 0 Å². The number of benzene rings is 1. The molecular formula is C18H28N2O2. The highest BCUT2D eigenvalue weighted by Gasteiger charge is 2.34. The molecule has 22 heavy (non-hydrogen) atoms. The van der Waals surface area contributed by atoms with E-state index < -0.39 is 0 Å². The summed E-state index contributed by atoms with van der Waals surface area (Å²) in [5.74, 6) is 2.00. The van der Waals surface area contributed by atoms with Gasteiger partial charge in [0.25, 0.3) is 0 Å². The molecule has 122 valence electrons. The second kappa shape index (κ2) is 5.74. The van der Waals surface area contributed by atoms with Crippen molar-refractivity contribution in [3.05, 3.63) is 23.3 Å². The summed E-state index contributed by atoms with van der Waals surface area (Å²) in [5, 5.41) is 0. The van der Waals surface area contributed by atoms with Crippen molar-refractivity contribution in [2.45, 2.75) is 52.3 Å². The Morgan fingerprint density at radius 1 is 1.41 bits per heavy atom. The van der Waals surface area contributed by atoms with Gasteiger partial charge < -0.3 is 15.2 Å². The lowest BCUT2D eigenvalue weighted by Crippen LogP contribution is -2.52. The van der Waals surface area contributed by atoms with Crippen LogP contribution in [0.3, 0.4) is 0 Å². The Morgan fingerprint density at radius 2 is 2.18 bits per heavy atom. The van der Waals surface area contributed by atoms with E-state index in [9.17, 15) is 0 Å². The number of nitrogens with two attached hydrogens (primary N) is 1. The monoisotopic (exact) mass is 304 g/mol. The molecule has 1 aromatic rings. The second-order valence-corrected chi connectivity index (χ2v) is 7.50. The van der Waals surface area contributed by atoms with E-state index in [1.165, 1.54) is 11.1 Å². The number of ether oxygens (including phenoxy) is 2. The lowest BCUT2D eigenvalue weighted by Gasteiger charge is -2.42. The van der Waals surface area contributed by atoms with E-state index in [4.69, 9.17) is 15.2 Å². The average Bonchev–Trinajstić information content (AvgIpc) is 2.83. The normalized spacial score (nSPS) is 27.3. The zero-order valence-electron chi connectivity index (χ0n) is 14.2. The van der Waals surface area contributed by atoms with Gasteiger partial charge in [0.1, 0.15) is 17.6 Å². The zero-order valence-corrected chi connectivity index (χ0v) is 14.2. The highest BCUT2D eigenvalue weighted by Crippen LogP contribution is 2.38. The van der Waals surface area contributed by atoms with Crippen molar-refractivity contribution in [3.63, 3.8) is 0 Å². The molecule has 2 aliphatic heterocycles. The predicted molar refractivity (Wildman–Crippen MR) is 88.4 cm³/mol. The minimum atomic E-state index is 0.161. The van der Waals surface area contributed by atoms with E-state index in [1.807, 2.05) is 0 Å². The van der Waals surface area contributed by atoms with E-state index in [-0.39, 0.29) is 17.6 Å². The van der Waals surface area contributed by atoms with Crippen LogP contribution in [-0.2, 0) is 13.0 Å². The van der Waals surface area contributed by atoms with Gasteiger partial charge in [-0.1, -0.05) is 13.8 Å². The molecule has 0 amide bonds. The molecule has 2 unspecified atom stereocenters. The maximum absolute atomic E-state index is 6.25. The summed E-state index contributed by atoms with van der Waals surface area (Å²) in [6.45, 7) is 9.63. The van der Waals surface area contributed by atoms with Gasteiger partial charge in [-0.05, 0) is 30.9 Å². The van der Waals surface area contributed by atoms with E-state index in [1.54, 1.807) is 7.11 Å². The molecule has 0 bridgehead atoms. The maximum Gasteiger partial charge on any atom is 0.127 e. The van der Waals surface area contributed by atoms with Crippen LogP contribution in [0.2, 0.25) is 0 Å². The summed E-state index contributed by atoms with van der Waals surface area (Å²) >= 11 is 0. The highest BCUT2D eigenvalue weighted by molar-refractivity contribution is 5.49. The molecule has 2 heterocycles. The third-order valence-electron chi connectivity index (χ3n) is 5.06. The van der Waals surface area contributed by atoms with Crippen LogP contribution in [0.4, 0.5) is 0 Å². The number of hydrogen-bond donors (Lipinski definition) is 1. The minimum Gasteiger partial charge on any atom is -0.497 e. The third kappa shape index (κ3) is 2.95. The van der Waals surface area contributed by atoms with Crippen LogP contribution >= 0.6 is 0 Å². The summed E-state index contributed by atoms with van der Waals surface area (Å²) < 4.78 is 11.5. The molecular weight excluding hydrogens is 276 g/mol. The molecule has 0 radical (unpaired) electrons. The molecule has 4 heteroatoms. The smallest absolute Gasteiger partial charge is 0.127 e. The van der Waals surface area contributed by atoms with Gasteiger partial charge in [0.2, 0.25) is 0 Å². The van der Waals surface area contributed by atoms with Crippen molar-refractivity contribution < 1.29 is 9.47 Å². The molecule has 3 rings (SSSR count). The number of nitrogens with zero attached hydrogens (tertiary/aromatic N) is 1. The highest BCUT2D eigenvalue weighted by atomic mass is 16.5. The first-order valence-corrected chi connectivity index (χ1v) is 8.23. The van der Waals surface area contributed by atoms with Gasteiger partial charge >= 0.3 is 0 Å². The summed E-state index contributed by atoms with van der Waals surface area (Å²) in [7, 11) is 1.73. The summed E-state index contributed by atoms with van der Waals surface area (Å²) in [6.07, 6.45) is 2.28. The Hall–Kier alpha value is -1.26. The van der Waals surface area contributed by atoms with Crippen LogP contribution in [0, 0.1) is 5.41 Å². The van der Waals surface area contributed by atoms with Crippen molar-refractivity contribution in [1.82, 2.24) is 4.90 Å². The van der Waals surface area contributed by atoms with Crippen LogP contribution in [0.1, 0.15) is 38.3 Å². The van der Waals surface area contributed by atoms with E-state index in [2.05, 4.69) is 37.8 Å². The molecule has 1 aromatic carbocycles. The maximum atomic E-state index is 6.25. The lowest BCUT2D eigenvalue weighted by molar-refractivity contribution is 0.0888. The first-order chi connectivity index (χ1) is 10.4. The van der Waals surface area contributed by atoms with Crippen LogP contribution < -0.4 is 15.2 Å². The Labute approximate surface area is 133 Å². The molecule has 0 saturated carbocycles. The van der Waals surface area contributed by atoms with Crippen molar-refractivity contribution in [3.8, 4) is 11.5 Å². The first-order valence-electron chi connectivity index (χ1n) is 8.23. The Morgan fingerprint density at radius 3 is 2.86 bits per heavy atom. The number of hydrogen-bond acceptors (Lipinski definition) is 4. The quantitative estimate of drug-likeness (QED) is 0.932. The minimum absolute atomic E-state index is 0.161. The van der Waals surface area contributed by atoms with Crippen molar-refractivity contribution >= 4 is 0 Å². The molecule has 2 N–H and O–H groups in total. The van der Waals surface area contributed by atoms with Crippen LogP contribution in [0.5, 0.6) is 11.5 Å². The van der Waals surface area contributed by atoms with Crippen molar-refractivity contribution in [2.75, 3.05) is 20.2 Å². The lowest BCUT2D eigenvalue weighted by atomic mass is 9.79. The average molecular weight is 304 g/mol. The van der Waals surface area contributed by atoms with Gasteiger partial charge in [-0.25, -0.2) is 0 Å². The number of methoxy groups -OCH3 is 1. The summed E-state index contributed by atoms with van der Waals surface area (Å²) in [4.78, 5) is 2.49. The summed E-state index contributed by atoms with van der Waals surface area (Å²) in [5.41, 5.74) is 8.93. The fourth-order valence-electron chi connectivity index (χ4n) is 3.67. The first kappa shape index (κ1) is 15.6. The molecule has 0 aromatic heterocycles. The van der Waals surface area contributed by atoms with Crippen LogP contribution in [0.25, 0.3) is 0 Å². The molecule has 1 fully saturated rings. The van der Waals surface area contributed by atoms with Crippen molar-refractivity contribution in [1.29, 1.82) is 0 Å². The standard InChI is InChI=1S/C18H28N2O2/c1-12-7-13-8-15(21-4)9-14(17(13)22-12)10-20-6-5-16(19)18(2,3)11-20/h8-9,12,16H,5-7,10-11,19H2,1-4H3. The van der Waals surface area contributed by atoms with Crippen LogP contribution in [-0.4, -0.2) is 37.2 Å². The van der Waals surface area contributed by atoms with Gasteiger partial charge in [0.05, 0.1) is 7.11 Å². The molecule has 2 aliphatic rings. The van der Waals surface area contributed by atoms with Gasteiger partial charge in [0, 0.05) is 43.2 Å². The molecule has 4 nitrogen and oxygen atoms in total. The van der Waals surface area contributed by atoms with Gasteiger partial charge in [-0.3, -0.25) is 4.90 Å². The summed E-state index contributed by atoms with van der Waals surface area (Å²) in [6, 6.07) is 4.52. The van der Waals surface area contributed by atoms with E-state index in [0.29, 0.717) is 0 Å². The Kier molecular flexibility index (Phi) is 4.08. The largest absolute Gasteiger partial charge is 0.497 e. The predicted octanol–water partition coefficient (Wildman–Crippen LogP) is 2.58. The molecule has 0 spiro atoms. The Balaban J connectivity index is 1.82. The topological polar surface area (TPSA) is 47.7 Å². The fraction of sp³-hybridized carbons (Fsp3) is 0.667. The van der Waals surface area contributed by atoms with Gasteiger partial charge in [0.15, 0.2) is 0 Å². The van der Waals surface area contributed by atoms with Gasteiger partial charge in [-0.2, -0.15) is 0 Å². The number of fused-ring (bicyclic) bond motifs is 1. The van der Waals surface area contributed by atoms with Crippen molar-refractivity contribution in [2.24, 2.45) is 11.1 Å². The van der Waals surface area contributed by atoms with Crippen LogP contribution in [0.15, 0.2) is 12.1 Å². The molecule has 0 aliphatic carbocycles. The number of piperidine rings is 1. The fourth-order valence-corrected chi connectivity index (χ4v) is 3.67. The Bertz CT molecular complexity index is 556. The number of likely N-dealkylation sites (tertiary alicyclic amines) is 1. The van der Waals surface area contributed by atoms with E-state index in [0.717, 1.165) is 44.0 Å². The zero-order chi connectivity index (χ0) is 15.9. The second-order valence-electron chi connectivity index (χ2n) is 7.50. The molecule has 1 saturated heterocycles.